The van der Waals surface area contributed by atoms with Gasteiger partial charge in [-0.2, -0.15) is 0 Å². The van der Waals surface area contributed by atoms with Crippen molar-refractivity contribution in [2.24, 2.45) is 0 Å². The lowest BCUT2D eigenvalue weighted by Gasteiger charge is -2.06. The molecule has 116 valence electrons. The maximum absolute atomic E-state index is 12.2. The molecule has 1 heterocycles. The van der Waals surface area contributed by atoms with E-state index >= 15 is 0 Å². The number of hydrogen-bond donors (Lipinski definition) is 0. The fourth-order valence-corrected chi connectivity index (χ4v) is 2.38. The van der Waals surface area contributed by atoms with Crippen LogP contribution >= 0.6 is 0 Å². The zero-order valence-corrected chi connectivity index (χ0v) is 12.7. The minimum atomic E-state index is -0.412. The van der Waals surface area contributed by atoms with Gasteiger partial charge in [0.25, 0.3) is 0 Å². The Morgan fingerprint density at radius 3 is 2.57 bits per heavy atom. The maximum Gasteiger partial charge on any atom is 0.343 e. The monoisotopic (exact) mass is 308 g/mol. The van der Waals surface area contributed by atoms with E-state index in [-0.39, 0.29) is 0 Å². The number of aryl methyl sites for hydroxylation is 1. The standard InChI is InChI=1S/C19H16O4/c1-2-3-13-4-6-14(7-5-13)19(21)22-16-9-10-17-15(12-16)8-11-18(20)23-17/h4-12H,2-3H2,1H3. The molecule has 4 nitrogen and oxygen atoms in total. The van der Waals surface area contributed by atoms with E-state index in [1.165, 1.54) is 11.6 Å². The van der Waals surface area contributed by atoms with E-state index in [4.69, 9.17) is 9.15 Å². The second-order valence-electron chi connectivity index (χ2n) is 5.29. The first-order valence-electron chi connectivity index (χ1n) is 7.51. The Balaban J connectivity index is 1.79. The van der Waals surface area contributed by atoms with Gasteiger partial charge in [-0.25, -0.2) is 9.59 Å². The summed E-state index contributed by atoms with van der Waals surface area (Å²) in [4.78, 5) is 23.3. The van der Waals surface area contributed by atoms with Crippen LogP contribution in [0.5, 0.6) is 5.75 Å². The van der Waals surface area contributed by atoms with Crippen LogP contribution in [0.25, 0.3) is 11.0 Å². The lowest BCUT2D eigenvalue weighted by Crippen LogP contribution is -2.08. The molecule has 2 aromatic carbocycles. The topological polar surface area (TPSA) is 56.5 Å². The minimum Gasteiger partial charge on any atom is -0.423 e. The average molecular weight is 308 g/mol. The molecule has 0 radical (unpaired) electrons. The largest absolute Gasteiger partial charge is 0.423 e. The predicted molar refractivity (Wildman–Crippen MR) is 87.9 cm³/mol. The van der Waals surface area contributed by atoms with Crippen LogP contribution in [-0.4, -0.2) is 5.97 Å². The molecule has 0 bridgehead atoms. The van der Waals surface area contributed by atoms with Gasteiger partial charge < -0.3 is 9.15 Å². The molecule has 1 aromatic heterocycles. The third-order valence-corrected chi connectivity index (χ3v) is 3.53. The van der Waals surface area contributed by atoms with E-state index in [0.717, 1.165) is 12.8 Å². The summed E-state index contributed by atoms with van der Waals surface area (Å²) in [6, 6.07) is 15.3. The van der Waals surface area contributed by atoms with E-state index in [1.807, 2.05) is 12.1 Å². The maximum atomic E-state index is 12.2. The Morgan fingerprint density at radius 1 is 1.04 bits per heavy atom. The predicted octanol–water partition coefficient (Wildman–Crippen LogP) is 3.96. The van der Waals surface area contributed by atoms with Crippen LogP contribution < -0.4 is 10.4 Å². The van der Waals surface area contributed by atoms with E-state index in [9.17, 15) is 9.59 Å². The van der Waals surface area contributed by atoms with Gasteiger partial charge in [0.15, 0.2) is 0 Å². The highest BCUT2D eigenvalue weighted by molar-refractivity contribution is 5.91. The van der Waals surface area contributed by atoms with Crippen molar-refractivity contribution in [3.8, 4) is 5.75 Å². The van der Waals surface area contributed by atoms with Crippen LogP contribution in [0.15, 0.2) is 63.8 Å². The quantitative estimate of drug-likeness (QED) is 0.416. The molecule has 0 fully saturated rings. The highest BCUT2D eigenvalue weighted by atomic mass is 16.5. The number of fused-ring (bicyclic) bond motifs is 1. The number of esters is 1. The number of carbonyl (C=O) groups excluding carboxylic acids is 1. The van der Waals surface area contributed by atoms with Crippen LogP contribution in [0.3, 0.4) is 0 Å². The molecule has 0 aliphatic carbocycles. The van der Waals surface area contributed by atoms with E-state index in [0.29, 0.717) is 22.3 Å². The van der Waals surface area contributed by atoms with Crippen molar-refractivity contribution in [3.05, 3.63) is 76.1 Å². The normalized spacial score (nSPS) is 10.7. The number of ether oxygens (including phenoxy) is 1. The highest BCUT2D eigenvalue weighted by Gasteiger charge is 2.09. The molecule has 0 saturated heterocycles. The summed E-state index contributed by atoms with van der Waals surface area (Å²) in [5, 5.41) is 0.702. The second kappa shape index (κ2) is 6.48. The van der Waals surface area contributed by atoms with E-state index < -0.39 is 11.6 Å². The summed E-state index contributed by atoms with van der Waals surface area (Å²) in [6.07, 6.45) is 2.06. The van der Waals surface area contributed by atoms with Gasteiger partial charge in [-0.3, -0.25) is 0 Å². The molecule has 0 unspecified atom stereocenters. The zero-order valence-electron chi connectivity index (χ0n) is 12.7. The van der Waals surface area contributed by atoms with Gasteiger partial charge in [0.2, 0.25) is 0 Å². The molecule has 23 heavy (non-hydrogen) atoms. The molecule has 0 atom stereocenters. The number of rotatable bonds is 4. The minimum absolute atomic E-state index is 0.408. The molecule has 4 heteroatoms. The number of benzene rings is 2. The fourth-order valence-electron chi connectivity index (χ4n) is 2.38. The lowest BCUT2D eigenvalue weighted by atomic mass is 10.1. The van der Waals surface area contributed by atoms with E-state index in [1.54, 1.807) is 36.4 Å². The van der Waals surface area contributed by atoms with Crippen molar-refractivity contribution in [2.45, 2.75) is 19.8 Å². The smallest absolute Gasteiger partial charge is 0.343 e. The fraction of sp³-hybridized carbons (Fsp3) is 0.158. The number of hydrogen-bond acceptors (Lipinski definition) is 4. The first kappa shape index (κ1) is 15.0. The lowest BCUT2D eigenvalue weighted by molar-refractivity contribution is 0.0735. The third kappa shape index (κ3) is 3.48. The van der Waals surface area contributed by atoms with E-state index in [2.05, 4.69) is 6.92 Å². The van der Waals surface area contributed by atoms with Gasteiger partial charge in [-0.1, -0.05) is 25.5 Å². The van der Waals surface area contributed by atoms with Gasteiger partial charge in [-0.05, 0) is 48.4 Å². The molecule has 3 aromatic rings. The highest BCUT2D eigenvalue weighted by Crippen LogP contribution is 2.20. The second-order valence-corrected chi connectivity index (χ2v) is 5.29. The van der Waals surface area contributed by atoms with Crippen LogP contribution in [0.1, 0.15) is 29.3 Å². The average Bonchev–Trinajstić information content (AvgIpc) is 2.56. The van der Waals surface area contributed by atoms with Gasteiger partial charge in [0, 0.05) is 11.5 Å². The van der Waals surface area contributed by atoms with Crippen molar-refractivity contribution in [2.75, 3.05) is 0 Å². The van der Waals surface area contributed by atoms with Crippen molar-refractivity contribution in [1.29, 1.82) is 0 Å². The summed E-state index contributed by atoms with van der Waals surface area (Å²) >= 11 is 0. The molecule has 0 aliphatic heterocycles. The van der Waals surface area contributed by atoms with Crippen LogP contribution in [-0.2, 0) is 6.42 Å². The summed E-state index contributed by atoms with van der Waals surface area (Å²) in [5.74, 6) is -0.00114. The van der Waals surface area contributed by atoms with Crippen LogP contribution in [0.2, 0.25) is 0 Å². The molecule has 0 amide bonds. The first-order valence-corrected chi connectivity index (χ1v) is 7.51. The van der Waals surface area contributed by atoms with Gasteiger partial charge in [-0.15, -0.1) is 0 Å². The molecule has 0 spiro atoms. The van der Waals surface area contributed by atoms with Crippen molar-refractivity contribution in [1.82, 2.24) is 0 Å². The summed E-state index contributed by atoms with van der Waals surface area (Å²) in [6.45, 7) is 2.12. The van der Waals surface area contributed by atoms with Crippen molar-refractivity contribution in [3.63, 3.8) is 0 Å². The Morgan fingerprint density at radius 2 is 1.83 bits per heavy atom. The molecule has 3 rings (SSSR count). The van der Waals surface area contributed by atoms with Crippen molar-refractivity contribution < 1.29 is 13.9 Å². The zero-order chi connectivity index (χ0) is 16.2. The van der Waals surface area contributed by atoms with Crippen LogP contribution in [0.4, 0.5) is 0 Å². The Bertz CT molecular complexity index is 891. The molecule has 0 aliphatic rings. The van der Waals surface area contributed by atoms with Gasteiger partial charge in [0.1, 0.15) is 11.3 Å². The van der Waals surface area contributed by atoms with Gasteiger partial charge in [0.05, 0.1) is 5.56 Å². The molecular weight excluding hydrogens is 292 g/mol. The molecular formula is C19H16O4. The molecule has 0 N–H and O–H groups in total. The third-order valence-electron chi connectivity index (χ3n) is 3.53. The summed E-state index contributed by atoms with van der Waals surface area (Å²) < 4.78 is 10.4. The van der Waals surface area contributed by atoms with Gasteiger partial charge >= 0.3 is 11.6 Å². The summed E-state index contributed by atoms with van der Waals surface area (Å²) in [5.41, 5.74) is 1.75. The SMILES string of the molecule is CCCc1ccc(C(=O)Oc2ccc3oc(=O)ccc3c2)cc1. The Kier molecular flexibility index (Phi) is 4.24. The Labute approximate surface area is 133 Å². The van der Waals surface area contributed by atoms with Crippen molar-refractivity contribution >= 4 is 16.9 Å². The van der Waals surface area contributed by atoms with Crippen LogP contribution in [0, 0.1) is 0 Å². The first-order chi connectivity index (χ1) is 11.2. The number of carbonyl (C=O) groups is 1. The Hall–Kier alpha value is -2.88. The summed E-state index contributed by atoms with van der Waals surface area (Å²) in [7, 11) is 0. The molecule has 0 saturated carbocycles.